The number of benzene rings is 1. The molecule has 1 fully saturated rings. The van der Waals surface area contributed by atoms with Gasteiger partial charge in [-0.3, -0.25) is 14.0 Å². The van der Waals surface area contributed by atoms with E-state index in [0.29, 0.717) is 12.2 Å². The highest BCUT2D eigenvalue weighted by atomic mass is 32.1. The molecule has 0 radical (unpaired) electrons. The topological polar surface area (TPSA) is 106 Å². The van der Waals surface area contributed by atoms with Crippen LogP contribution in [-0.4, -0.2) is 39.3 Å². The predicted octanol–water partition coefficient (Wildman–Crippen LogP) is 3.34. The van der Waals surface area contributed by atoms with Gasteiger partial charge in [0, 0.05) is 35.9 Å². The van der Waals surface area contributed by atoms with Gasteiger partial charge in [0.2, 0.25) is 11.8 Å². The minimum absolute atomic E-state index is 0.119. The van der Waals surface area contributed by atoms with Crippen LogP contribution < -0.4 is 16.0 Å². The SMILES string of the molecule is NC(=O)C1CCCN(c2ccc(NC(=O)Cc3csc4nc(-c5ccccc5)cn34)cn2)C1. The number of rotatable bonds is 6. The van der Waals surface area contributed by atoms with Crippen molar-refractivity contribution in [3.8, 4) is 11.3 Å². The van der Waals surface area contributed by atoms with Crippen LogP contribution in [0.1, 0.15) is 18.5 Å². The van der Waals surface area contributed by atoms with E-state index in [-0.39, 0.29) is 24.2 Å². The Hall–Kier alpha value is -3.72. The van der Waals surface area contributed by atoms with Gasteiger partial charge in [-0.2, -0.15) is 0 Å². The summed E-state index contributed by atoms with van der Waals surface area (Å²) in [6, 6.07) is 13.7. The summed E-state index contributed by atoms with van der Waals surface area (Å²) in [5.74, 6) is 0.254. The van der Waals surface area contributed by atoms with Crippen molar-refractivity contribution in [2.24, 2.45) is 11.7 Å². The van der Waals surface area contributed by atoms with E-state index in [0.717, 1.165) is 47.1 Å². The van der Waals surface area contributed by atoms with Gasteiger partial charge < -0.3 is 16.0 Å². The zero-order valence-corrected chi connectivity index (χ0v) is 18.8. The third kappa shape index (κ3) is 4.58. The molecule has 1 saturated heterocycles. The molecule has 2 amide bonds. The average Bonchev–Trinajstić information content (AvgIpc) is 3.42. The molecule has 0 spiro atoms. The molecule has 0 bridgehead atoms. The standard InChI is InChI=1S/C24H24N6O2S/c25-23(32)17-7-4-10-29(13-17)21-9-8-18(12-26-21)27-22(31)11-19-15-33-24-28-20(14-30(19)24)16-5-2-1-3-6-16/h1-3,5-6,8-9,12,14-15,17H,4,7,10-11,13H2,(H2,25,32)(H,27,31). The molecule has 1 aliphatic heterocycles. The van der Waals surface area contributed by atoms with Gasteiger partial charge in [0.25, 0.3) is 0 Å². The molecule has 9 heteroatoms. The normalized spacial score (nSPS) is 16.1. The molecule has 3 N–H and O–H groups in total. The summed E-state index contributed by atoms with van der Waals surface area (Å²) in [5.41, 5.74) is 8.93. The largest absolute Gasteiger partial charge is 0.369 e. The highest BCUT2D eigenvalue weighted by molar-refractivity contribution is 7.15. The van der Waals surface area contributed by atoms with Crippen LogP contribution in [0, 0.1) is 5.92 Å². The zero-order valence-electron chi connectivity index (χ0n) is 18.0. The number of thiazole rings is 1. The number of carbonyl (C=O) groups excluding carboxylic acids is 2. The predicted molar refractivity (Wildman–Crippen MR) is 129 cm³/mol. The third-order valence-electron chi connectivity index (χ3n) is 5.87. The number of aromatic nitrogens is 3. The van der Waals surface area contributed by atoms with Crippen molar-refractivity contribution in [3.63, 3.8) is 0 Å². The Morgan fingerprint density at radius 2 is 2.03 bits per heavy atom. The summed E-state index contributed by atoms with van der Waals surface area (Å²) in [4.78, 5) is 36.3. The van der Waals surface area contributed by atoms with E-state index < -0.39 is 0 Å². The zero-order chi connectivity index (χ0) is 22.8. The van der Waals surface area contributed by atoms with E-state index in [1.807, 2.05) is 58.4 Å². The Morgan fingerprint density at radius 3 is 2.79 bits per heavy atom. The Morgan fingerprint density at radius 1 is 1.18 bits per heavy atom. The van der Waals surface area contributed by atoms with Crippen molar-refractivity contribution in [2.75, 3.05) is 23.3 Å². The summed E-state index contributed by atoms with van der Waals surface area (Å²) in [7, 11) is 0. The molecule has 33 heavy (non-hydrogen) atoms. The number of primary amides is 1. The molecule has 0 aliphatic carbocycles. The first-order valence-electron chi connectivity index (χ1n) is 10.9. The summed E-state index contributed by atoms with van der Waals surface area (Å²) in [5, 5.41) is 4.88. The van der Waals surface area contributed by atoms with Crippen LogP contribution in [0.3, 0.4) is 0 Å². The van der Waals surface area contributed by atoms with Crippen LogP contribution in [0.4, 0.5) is 11.5 Å². The number of nitrogens with zero attached hydrogens (tertiary/aromatic N) is 4. The first-order chi connectivity index (χ1) is 16.1. The van der Waals surface area contributed by atoms with Crippen molar-refractivity contribution in [1.29, 1.82) is 0 Å². The van der Waals surface area contributed by atoms with Gasteiger partial charge in [-0.15, -0.1) is 11.3 Å². The highest BCUT2D eigenvalue weighted by Gasteiger charge is 2.24. The number of fused-ring (bicyclic) bond motifs is 1. The first-order valence-corrected chi connectivity index (χ1v) is 11.8. The number of imidazole rings is 1. The maximum Gasteiger partial charge on any atom is 0.230 e. The van der Waals surface area contributed by atoms with E-state index >= 15 is 0 Å². The maximum atomic E-state index is 12.7. The van der Waals surface area contributed by atoms with E-state index in [2.05, 4.69) is 20.2 Å². The fraction of sp³-hybridized carbons (Fsp3) is 0.250. The van der Waals surface area contributed by atoms with Gasteiger partial charge in [-0.1, -0.05) is 30.3 Å². The van der Waals surface area contributed by atoms with Crippen LogP contribution in [-0.2, 0) is 16.0 Å². The van der Waals surface area contributed by atoms with Gasteiger partial charge in [0.05, 0.1) is 29.9 Å². The van der Waals surface area contributed by atoms with Gasteiger partial charge in [0.15, 0.2) is 4.96 Å². The molecular weight excluding hydrogens is 436 g/mol. The lowest BCUT2D eigenvalue weighted by Crippen LogP contribution is -2.41. The second kappa shape index (κ2) is 9.03. The van der Waals surface area contributed by atoms with Crippen LogP contribution in [0.2, 0.25) is 0 Å². The van der Waals surface area contributed by atoms with E-state index in [9.17, 15) is 9.59 Å². The molecule has 168 valence electrons. The molecule has 1 unspecified atom stereocenters. The summed E-state index contributed by atoms with van der Waals surface area (Å²) in [6.07, 6.45) is 5.58. The first kappa shape index (κ1) is 21.1. The van der Waals surface area contributed by atoms with Crippen LogP contribution in [0.15, 0.2) is 60.2 Å². The fourth-order valence-corrected chi connectivity index (χ4v) is 5.01. The monoisotopic (exact) mass is 460 g/mol. The fourth-order valence-electron chi connectivity index (χ4n) is 4.14. The molecule has 3 aromatic heterocycles. The van der Waals surface area contributed by atoms with Crippen molar-refractivity contribution < 1.29 is 9.59 Å². The Balaban J connectivity index is 1.24. The number of nitrogens with two attached hydrogens (primary N) is 1. The second-order valence-corrected chi connectivity index (χ2v) is 9.03. The summed E-state index contributed by atoms with van der Waals surface area (Å²) >= 11 is 1.52. The minimum Gasteiger partial charge on any atom is -0.369 e. The Bertz CT molecular complexity index is 1280. The Kier molecular flexibility index (Phi) is 5.78. The minimum atomic E-state index is -0.264. The van der Waals surface area contributed by atoms with Crippen LogP contribution in [0.25, 0.3) is 16.2 Å². The van der Waals surface area contributed by atoms with Crippen LogP contribution >= 0.6 is 11.3 Å². The molecule has 0 saturated carbocycles. The number of hydrogen-bond donors (Lipinski definition) is 2. The second-order valence-electron chi connectivity index (χ2n) is 8.19. The van der Waals surface area contributed by atoms with Gasteiger partial charge in [0.1, 0.15) is 5.82 Å². The molecule has 4 heterocycles. The highest BCUT2D eigenvalue weighted by Crippen LogP contribution is 2.25. The van der Waals surface area contributed by atoms with Crippen molar-refractivity contribution in [2.45, 2.75) is 19.3 Å². The molecular formula is C24H24N6O2S. The number of amides is 2. The number of carbonyl (C=O) groups is 2. The lowest BCUT2D eigenvalue weighted by atomic mass is 9.97. The number of piperidine rings is 1. The molecule has 5 rings (SSSR count). The number of hydrogen-bond acceptors (Lipinski definition) is 6. The quantitative estimate of drug-likeness (QED) is 0.459. The lowest BCUT2D eigenvalue weighted by Gasteiger charge is -2.32. The maximum absolute atomic E-state index is 12.7. The van der Waals surface area contributed by atoms with Gasteiger partial charge >= 0.3 is 0 Å². The lowest BCUT2D eigenvalue weighted by molar-refractivity contribution is -0.122. The summed E-state index contributed by atoms with van der Waals surface area (Å²) in [6.45, 7) is 1.42. The van der Waals surface area contributed by atoms with Gasteiger partial charge in [-0.05, 0) is 25.0 Å². The van der Waals surface area contributed by atoms with Crippen molar-refractivity contribution in [3.05, 3.63) is 65.9 Å². The van der Waals surface area contributed by atoms with Crippen molar-refractivity contribution >= 4 is 39.6 Å². The number of nitrogens with one attached hydrogen (secondary N) is 1. The number of pyridine rings is 1. The molecule has 4 aromatic rings. The van der Waals surface area contributed by atoms with E-state index in [4.69, 9.17) is 5.73 Å². The van der Waals surface area contributed by atoms with E-state index in [1.54, 1.807) is 6.20 Å². The van der Waals surface area contributed by atoms with E-state index in [1.165, 1.54) is 11.3 Å². The molecule has 8 nitrogen and oxygen atoms in total. The molecule has 1 atom stereocenters. The Labute approximate surface area is 195 Å². The summed E-state index contributed by atoms with van der Waals surface area (Å²) < 4.78 is 1.97. The van der Waals surface area contributed by atoms with Crippen molar-refractivity contribution in [1.82, 2.24) is 14.4 Å². The molecule has 1 aliphatic rings. The van der Waals surface area contributed by atoms with Crippen LogP contribution in [0.5, 0.6) is 0 Å². The number of anilines is 2. The average molecular weight is 461 g/mol. The molecule has 1 aromatic carbocycles. The van der Waals surface area contributed by atoms with Gasteiger partial charge in [-0.25, -0.2) is 9.97 Å². The smallest absolute Gasteiger partial charge is 0.230 e. The third-order valence-corrected chi connectivity index (χ3v) is 6.76.